The van der Waals surface area contributed by atoms with Crippen LogP contribution < -0.4 is 16.0 Å². The lowest BCUT2D eigenvalue weighted by Crippen LogP contribution is -2.44. The third-order valence-corrected chi connectivity index (χ3v) is 6.68. The van der Waals surface area contributed by atoms with Gasteiger partial charge in [0.25, 0.3) is 5.91 Å². The van der Waals surface area contributed by atoms with E-state index in [1.165, 1.54) is 16.7 Å². The summed E-state index contributed by atoms with van der Waals surface area (Å²) in [6.07, 6.45) is 10.2. The van der Waals surface area contributed by atoms with Gasteiger partial charge >= 0.3 is 0 Å². The molecule has 198 valence electrons. The minimum Gasteiger partial charge on any atom is -0.506 e. The molecule has 0 heterocycles. The number of rotatable bonds is 12. The molecule has 0 saturated carbocycles. The van der Waals surface area contributed by atoms with E-state index in [1.807, 2.05) is 42.5 Å². The fraction of sp³-hybridized carbons (Fsp3) is 0.387. The molecule has 0 aromatic heterocycles. The zero-order valence-corrected chi connectivity index (χ0v) is 22.5. The van der Waals surface area contributed by atoms with Gasteiger partial charge in [0, 0.05) is 31.2 Å². The van der Waals surface area contributed by atoms with Crippen LogP contribution in [0.4, 0.5) is 5.69 Å². The van der Waals surface area contributed by atoms with E-state index >= 15 is 0 Å². The number of amides is 1. The number of carbonyl (C=O) groups is 1. The normalized spacial score (nSPS) is 14.4. The topological polar surface area (TPSA) is 93.6 Å². The molecule has 1 atom stereocenters. The first-order valence-corrected chi connectivity index (χ1v) is 13.0. The van der Waals surface area contributed by atoms with Gasteiger partial charge in [-0.05, 0) is 81.4 Å². The molecule has 0 bridgehead atoms. The van der Waals surface area contributed by atoms with Gasteiger partial charge in [-0.15, -0.1) is 0 Å². The molecule has 0 fully saturated rings. The standard InChI is InChI=1S/C31H41N3O3/c1-22-8-5-6-10-25(22)16-17-33-30(37)26-11-7-9-23(12-14-26)20-31(2,3)34-21-27(35)18-24-13-15-29(36)28(19-24)32-4/h5-11,13-15,19,27,32,34-36H,12,16-18,20-21H2,1-4H3,(H,33,37). The van der Waals surface area contributed by atoms with E-state index in [9.17, 15) is 15.0 Å². The number of nitrogens with one attached hydrogen (secondary N) is 3. The highest BCUT2D eigenvalue weighted by Crippen LogP contribution is 2.25. The van der Waals surface area contributed by atoms with Gasteiger partial charge < -0.3 is 26.2 Å². The average molecular weight is 504 g/mol. The molecule has 0 aliphatic heterocycles. The van der Waals surface area contributed by atoms with Crippen LogP contribution in [0.15, 0.2) is 77.9 Å². The Kier molecular flexibility index (Phi) is 10.1. The first kappa shape index (κ1) is 28.2. The maximum atomic E-state index is 12.7. The van der Waals surface area contributed by atoms with Gasteiger partial charge in [-0.1, -0.05) is 54.1 Å². The van der Waals surface area contributed by atoms with Crippen molar-refractivity contribution < 1.29 is 15.0 Å². The number of aliphatic hydroxyl groups excluding tert-OH is 1. The van der Waals surface area contributed by atoms with Crippen molar-refractivity contribution in [3.8, 4) is 5.75 Å². The summed E-state index contributed by atoms with van der Waals surface area (Å²) in [5.74, 6) is 0.151. The molecule has 2 aromatic carbocycles. The fourth-order valence-corrected chi connectivity index (χ4v) is 4.55. The minimum atomic E-state index is -0.550. The van der Waals surface area contributed by atoms with Crippen LogP contribution in [-0.2, 0) is 17.6 Å². The number of allylic oxidation sites excluding steroid dienone is 3. The molecule has 1 amide bonds. The second-order valence-corrected chi connectivity index (χ2v) is 10.4. The second kappa shape index (κ2) is 13.3. The Labute approximate surface area is 221 Å². The van der Waals surface area contributed by atoms with Crippen molar-refractivity contribution in [1.29, 1.82) is 0 Å². The number of hydrogen-bond acceptors (Lipinski definition) is 5. The fourth-order valence-electron chi connectivity index (χ4n) is 4.55. The molecule has 0 spiro atoms. The lowest BCUT2D eigenvalue weighted by molar-refractivity contribution is -0.117. The molecule has 2 aromatic rings. The summed E-state index contributed by atoms with van der Waals surface area (Å²) in [6.45, 7) is 7.40. The third-order valence-electron chi connectivity index (χ3n) is 6.68. The van der Waals surface area contributed by atoms with Crippen molar-refractivity contribution in [1.82, 2.24) is 10.6 Å². The van der Waals surface area contributed by atoms with Gasteiger partial charge in [-0.2, -0.15) is 0 Å². The number of phenols is 1. The van der Waals surface area contributed by atoms with Crippen molar-refractivity contribution in [2.24, 2.45) is 0 Å². The van der Waals surface area contributed by atoms with E-state index in [1.54, 1.807) is 13.1 Å². The number of aliphatic hydroxyl groups is 1. The van der Waals surface area contributed by atoms with Gasteiger partial charge in [-0.25, -0.2) is 0 Å². The molecular weight excluding hydrogens is 462 g/mol. The molecule has 6 heteroatoms. The Balaban J connectivity index is 1.45. The van der Waals surface area contributed by atoms with Crippen LogP contribution in [0.1, 0.15) is 43.4 Å². The molecule has 1 aliphatic rings. The molecule has 1 aliphatic carbocycles. The van der Waals surface area contributed by atoms with Crippen LogP contribution >= 0.6 is 0 Å². The van der Waals surface area contributed by atoms with Crippen LogP contribution in [0.5, 0.6) is 5.75 Å². The Bertz CT molecular complexity index is 1160. The molecular formula is C31H41N3O3. The number of aromatic hydroxyl groups is 1. The highest BCUT2D eigenvalue weighted by molar-refractivity contribution is 5.96. The number of carbonyl (C=O) groups excluding carboxylic acids is 1. The van der Waals surface area contributed by atoms with Gasteiger partial charge in [-0.3, -0.25) is 4.79 Å². The minimum absolute atomic E-state index is 0.0457. The first-order valence-electron chi connectivity index (χ1n) is 13.0. The Morgan fingerprint density at radius 3 is 2.70 bits per heavy atom. The quantitative estimate of drug-likeness (QED) is 0.274. The molecule has 1 unspecified atom stereocenters. The summed E-state index contributed by atoms with van der Waals surface area (Å²) in [4.78, 5) is 12.7. The van der Waals surface area contributed by atoms with E-state index in [0.717, 1.165) is 18.4 Å². The first-order chi connectivity index (χ1) is 17.7. The van der Waals surface area contributed by atoms with E-state index in [0.29, 0.717) is 37.2 Å². The van der Waals surface area contributed by atoms with Crippen molar-refractivity contribution in [3.05, 3.63) is 94.6 Å². The third kappa shape index (κ3) is 8.92. The van der Waals surface area contributed by atoms with Gasteiger partial charge in [0.05, 0.1) is 11.8 Å². The summed E-state index contributed by atoms with van der Waals surface area (Å²) in [5.41, 5.74) is 5.79. The van der Waals surface area contributed by atoms with E-state index in [-0.39, 0.29) is 17.2 Å². The second-order valence-electron chi connectivity index (χ2n) is 10.4. The zero-order valence-electron chi connectivity index (χ0n) is 22.5. The molecule has 6 nitrogen and oxygen atoms in total. The Morgan fingerprint density at radius 1 is 1.16 bits per heavy atom. The average Bonchev–Trinajstić information content (AvgIpc) is 3.10. The molecule has 0 saturated heterocycles. The van der Waals surface area contributed by atoms with Crippen LogP contribution in [-0.4, -0.2) is 47.9 Å². The van der Waals surface area contributed by atoms with Crippen LogP contribution in [0.3, 0.4) is 0 Å². The van der Waals surface area contributed by atoms with Gasteiger partial charge in [0.15, 0.2) is 0 Å². The molecule has 37 heavy (non-hydrogen) atoms. The summed E-state index contributed by atoms with van der Waals surface area (Å²) in [7, 11) is 1.76. The van der Waals surface area contributed by atoms with Crippen LogP contribution in [0.25, 0.3) is 0 Å². The summed E-state index contributed by atoms with van der Waals surface area (Å²) >= 11 is 0. The SMILES string of the molecule is CNc1cc(CC(O)CNC(C)(C)CC2=CC=CC(C(=O)NCCc3ccccc3C)=CC2)ccc1O. The zero-order chi connectivity index (χ0) is 26.8. The summed E-state index contributed by atoms with van der Waals surface area (Å²) in [6, 6.07) is 13.6. The van der Waals surface area contributed by atoms with Crippen LogP contribution in [0, 0.1) is 6.92 Å². The molecule has 5 N–H and O–H groups in total. The number of anilines is 1. The molecule has 3 rings (SSSR count). The largest absolute Gasteiger partial charge is 0.506 e. The van der Waals surface area contributed by atoms with E-state index in [4.69, 9.17) is 0 Å². The highest BCUT2D eigenvalue weighted by Gasteiger charge is 2.21. The highest BCUT2D eigenvalue weighted by atomic mass is 16.3. The summed E-state index contributed by atoms with van der Waals surface area (Å²) < 4.78 is 0. The van der Waals surface area contributed by atoms with Gasteiger partial charge in [0.2, 0.25) is 0 Å². The number of aryl methyl sites for hydroxylation is 1. The maximum absolute atomic E-state index is 12.7. The maximum Gasteiger partial charge on any atom is 0.250 e. The lowest BCUT2D eigenvalue weighted by atomic mass is 9.92. The Morgan fingerprint density at radius 2 is 1.95 bits per heavy atom. The number of β-amino-alcohol motifs (C(OH)–C–C–N with tert-alkyl or cyclic N) is 1. The predicted octanol–water partition coefficient (Wildman–Crippen LogP) is 4.58. The van der Waals surface area contributed by atoms with Crippen molar-refractivity contribution in [2.45, 2.75) is 58.1 Å². The summed E-state index contributed by atoms with van der Waals surface area (Å²) in [5, 5.41) is 29.9. The van der Waals surface area contributed by atoms with Crippen LogP contribution in [0.2, 0.25) is 0 Å². The van der Waals surface area contributed by atoms with E-state index in [2.05, 4.69) is 54.9 Å². The van der Waals surface area contributed by atoms with E-state index < -0.39 is 6.10 Å². The lowest BCUT2D eigenvalue weighted by Gasteiger charge is -2.29. The van der Waals surface area contributed by atoms with Crippen molar-refractivity contribution in [2.75, 3.05) is 25.5 Å². The molecule has 0 radical (unpaired) electrons. The monoisotopic (exact) mass is 503 g/mol. The predicted molar refractivity (Wildman–Crippen MR) is 152 cm³/mol. The Hall–Kier alpha value is -3.35. The van der Waals surface area contributed by atoms with Crippen molar-refractivity contribution in [3.63, 3.8) is 0 Å². The number of phenolic OH excluding ortho intramolecular Hbond substituents is 1. The van der Waals surface area contributed by atoms with Gasteiger partial charge in [0.1, 0.15) is 5.75 Å². The number of benzene rings is 2. The van der Waals surface area contributed by atoms with Crippen molar-refractivity contribution >= 4 is 11.6 Å². The smallest absolute Gasteiger partial charge is 0.250 e. The number of hydrogen-bond donors (Lipinski definition) is 5.